The molecule has 1 aromatic heterocycles. The molecule has 0 bridgehead atoms. The van der Waals surface area contributed by atoms with Crippen molar-refractivity contribution in [3.63, 3.8) is 0 Å². The minimum atomic E-state index is 0. The summed E-state index contributed by atoms with van der Waals surface area (Å²) in [6.07, 6.45) is 2.64. The topological polar surface area (TPSA) is 34.4 Å². The molecule has 0 aliphatic heterocycles. The zero-order valence-corrected chi connectivity index (χ0v) is 11.2. The molecule has 18 heavy (non-hydrogen) atoms. The van der Waals surface area contributed by atoms with Crippen LogP contribution in [0.3, 0.4) is 0 Å². The van der Waals surface area contributed by atoms with Gasteiger partial charge in [-0.15, -0.1) is 12.4 Å². The molecule has 1 aromatic carbocycles. The second-order valence-corrected chi connectivity index (χ2v) is 3.82. The highest BCUT2D eigenvalue weighted by atomic mass is 35.5. The zero-order chi connectivity index (χ0) is 11.9. The van der Waals surface area contributed by atoms with Crippen LogP contribution in [0.2, 0.25) is 0 Å². The van der Waals surface area contributed by atoms with E-state index < -0.39 is 0 Å². The van der Waals surface area contributed by atoms with Gasteiger partial charge in [0.25, 0.3) is 0 Å². The molecule has 3 nitrogen and oxygen atoms in total. The number of furan rings is 1. The Bertz CT molecular complexity index is 443. The summed E-state index contributed by atoms with van der Waals surface area (Å²) in [5.74, 6) is 1.91. The second kappa shape index (κ2) is 7.80. The quantitative estimate of drug-likeness (QED) is 0.817. The largest absolute Gasteiger partial charge is 0.496 e. The molecule has 0 radical (unpaired) electrons. The van der Waals surface area contributed by atoms with Crippen LogP contribution in [-0.2, 0) is 13.0 Å². The van der Waals surface area contributed by atoms with Gasteiger partial charge in [0.15, 0.2) is 0 Å². The number of ether oxygens (including phenoxy) is 1. The summed E-state index contributed by atoms with van der Waals surface area (Å²) in [4.78, 5) is 0. The zero-order valence-electron chi connectivity index (χ0n) is 10.4. The molecule has 0 fully saturated rings. The molecule has 0 unspecified atom stereocenters. The Morgan fingerprint density at radius 1 is 1.17 bits per heavy atom. The average molecular weight is 268 g/mol. The van der Waals surface area contributed by atoms with Crippen molar-refractivity contribution in [1.82, 2.24) is 5.32 Å². The molecule has 0 atom stereocenters. The third-order valence-corrected chi connectivity index (χ3v) is 2.64. The fourth-order valence-corrected chi connectivity index (χ4v) is 1.76. The van der Waals surface area contributed by atoms with Gasteiger partial charge in [0.1, 0.15) is 11.5 Å². The van der Waals surface area contributed by atoms with Crippen molar-refractivity contribution in [2.75, 3.05) is 13.7 Å². The van der Waals surface area contributed by atoms with Gasteiger partial charge < -0.3 is 14.5 Å². The number of benzene rings is 1. The van der Waals surface area contributed by atoms with Crippen LogP contribution in [0.15, 0.2) is 47.1 Å². The molecular formula is C14H18ClNO2. The number of hydrogen-bond acceptors (Lipinski definition) is 3. The normalized spacial score (nSPS) is 9.83. The van der Waals surface area contributed by atoms with Gasteiger partial charge in [0.2, 0.25) is 0 Å². The molecular weight excluding hydrogens is 250 g/mol. The molecule has 0 saturated carbocycles. The van der Waals surface area contributed by atoms with E-state index in [2.05, 4.69) is 11.4 Å². The van der Waals surface area contributed by atoms with Crippen molar-refractivity contribution < 1.29 is 9.15 Å². The van der Waals surface area contributed by atoms with Gasteiger partial charge in [-0.05, 0) is 36.7 Å². The maximum atomic E-state index is 5.30. The van der Waals surface area contributed by atoms with Crippen molar-refractivity contribution in [2.24, 2.45) is 0 Å². The first-order chi connectivity index (χ1) is 8.40. The smallest absolute Gasteiger partial charge is 0.122 e. The molecule has 1 N–H and O–H groups in total. The highest BCUT2D eigenvalue weighted by Crippen LogP contribution is 2.17. The number of nitrogens with one attached hydrogen (secondary N) is 1. The number of halogens is 1. The summed E-state index contributed by atoms with van der Waals surface area (Å²) in [6.45, 7) is 1.67. The molecule has 0 aliphatic carbocycles. The Morgan fingerprint density at radius 2 is 2.00 bits per heavy atom. The van der Waals surface area contributed by atoms with Gasteiger partial charge >= 0.3 is 0 Å². The van der Waals surface area contributed by atoms with Gasteiger partial charge in [0, 0.05) is 0 Å². The first-order valence-corrected chi connectivity index (χ1v) is 5.75. The van der Waals surface area contributed by atoms with Crippen LogP contribution in [0.1, 0.15) is 11.3 Å². The molecule has 98 valence electrons. The predicted octanol–water partition coefficient (Wildman–Crippen LogP) is 3.04. The lowest BCUT2D eigenvalue weighted by Gasteiger charge is -2.08. The van der Waals surface area contributed by atoms with Crippen molar-refractivity contribution >= 4 is 12.4 Å². The first-order valence-electron chi connectivity index (χ1n) is 5.75. The lowest BCUT2D eigenvalue weighted by Crippen LogP contribution is -2.16. The van der Waals surface area contributed by atoms with Gasteiger partial charge in [-0.25, -0.2) is 0 Å². The van der Waals surface area contributed by atoms with Gasteiger partial charge in [-0.1, -0.05) is 18.2 Å². The Kier molecular flexibility index (Phi) is 6.33. The molecule has 0 spiro atoms. The highest BCUT2D eigenvalue weighted by molar-refractivity contribution is 5.85. The molecule has 4 heteroatoms. The Balaban J connectivity index is 0.00000162. The minimum Gasteiger partial charge on any atom is -0.496 e. The summed E-state index contributed by atoms with van der Waals surface area (Å²) in [5.41, 5.74) is 1.22. The summed E-state index contributed by atoms with van der Waals surface area (Å²) < 4.78 is 10.5. The predicted molar refractivity (Wildman–Crippen MR) is 74.4 cm³/mol. The van der Waals surface area contributed by atoms with Gasteiger partial charge in [-0.3, -0.25) is 0 Å². The molecule has 0 saturated heterocycles. The minimum absolute atomic E-state index is 0. The Labute approximate surface area is 114 Å². The van der Waals surface area contributed by atoms with Crippen molar-refractivity contribution in [3.8, 4) is 5.75 Å². The third kappa shape index (κ3) is 4.09. The summed E-state index contributed by atoms with van der Waals surface area (Å²) >= 11 is 0. The van der Waals surface area contributed by atoms with E-state index in [-0.39, 0.29) is 12.4 Å². The summed E-state index contributed by atoms with van der Waals surface area (Å²) in [5, 5.41) is 3.34. The number of methoxy groups -OCH3 is 1. The lowest BCUT2D eigenvalue weighted by molar-refractivity contribution is 0.408. The average Bonchev–Trinajstić information content (AvgIpc) is 2.88. The van der Waals surface area contributed by atoms with E-state index in [0.29, 0.717) is 0 Å². The van der Waals surface area contributed by atoms with E-state index in [1.54, 1.807) is 13.4 Å². The maximum Gasteiger partial charge on any atom is 0.122 e. The fraction of sp³-hybridized carbons (Fsp3) is 0.286. The van der Waals surface area contributed by atoms with E-state index >= 15 is 0 Å². The highest BCUT2D eigenvalue weighted by Gasteiger charge is 2.01. The Hall–Kier alpha value is -1.45. The monoisotopic (exact) mass is 267 g/mol. The van der Waals surface area contributed by atoms with Gasteiger partial charge in [-0.2, -0.15) is 0 Å². The van der Waals surface area contributed by atoms with Crippen LogP contribution >= 0.6 is 12.4 Å². The summed E-state index contributed by atoms with van der Waals surface area (Å²) in [7, 11) is 1.70. The van der Waals surface area contributed by atoms with E-state index in [0.717, 1.165) is 31.0 Å². The summed E-state index contributed by atoms with van der Waals surface area (Å²) in [6, 6.07) is 12.0. The van der Waals surface area contributed by atoms with Crippen LogP contribution in [0.25, 0.3) is 0 Å². The van der Waals surface area contributed by atoms with E-state index in [9.17, 15) is 0 Å². The van der Waals surface area contributed by atoms with Crippen LogP contribution in [0.4, 0.5) is 0 Å². The lowest BCUT2D eigenvalue weighted by atomic mass is 10.1. The second-order valence-electron chi connectivity index (χ2n) is 3.82. The van der Waals surface area contributed by atoms with E-state index in [4.69, 9.17) is 9.15 Å². The number of rotatable bonds is 6. The first kappa shape index (κ1) is 14.6. The standard InChI is InChI=1S/C14H17NO2.ClH/c1-16-14-7-3-2-5-12(14)8-9-15-11-13-6-4-10-17-13;/h2-7,10,15H,8-9,11H2,1H3;1H. The molecule has 2 rings (SSSR count). The van der Waals surface area contributed by atoms with Crippen LogP contribution in [0, 0.1) is 0 Å². The maximum absolute atomic E-state index is 5.30. The van der Waals surface area contributed by atoms with Crippen LogP contribution < -0.4 is 10.1 Å². The molecule has 2 aromatic rings. The molecule has 1 heterocycles. The van der Waals surface area contributed by atoms with Crippen molar-refractivity contribution in [2.45, 2.75) is 13.0 Å². The van der Waals surface area contributed by atoms with Gasteiger partial charge in [0.05, 0.1) is 19.9 Å². The van der Waals surface area contributed by atoms with E-state index in [1.807, 2.05) is 30.3 Å². The van der Waals surface area contributed by atoms with E-state index in [1.165, 1.54) is 5.56 Å². The number of hydrogen-bond donors (Lipinski definition) is 1. The van der Waals surface area contributed by atoms with Crippen molar-refractivity contribution in [3.05, 3.63) is 54.0 Å². The fourth-order valence-electron chi connectivity index (χ4n) is 1.76. The number of para-hydroxylation sites is 1. The molecule has 0 aliphatic rings. The SMILES string of the molecule is COc1ccccc1CCNCc1ccco1.Cl. The third-order valence-electron chi connectivity index (χ3n) is 2.64. The van der Waals surface area contributed by atoms with Crippen LogP contribution in [-0.4, -0.2) is 13.7 Å². The molecule has 0 amide bonds. The Morgan fingerprint density at radius 3 is 2.72 bits per heavy atom. The van der Waals surface area contributed by atoms with Crippen LogP contribution in [0.5, 0.6) is 5.75 Å². The van der Waals surface area contributed by atoms with Crippen molar-refractivity contribution in [1.29, 1.82) is 0 Å².